The molecule has 0 spiro atoms. The fourth-order valence-corrected chi connectivity index (χ4v) is 3.92. The molecule has 3 aromatic rings. The number of likely N-dealkylation sites (tertiary alicyclic amines) is 1. The third kappa shape index (κ3) is 4.18. The molecule has 2 aromatic carbocycles. The minimum absolute atomic E-state index is 0.0588. The average Bonchev–Trinajstić information content (AvgIpc) is 2.65. The molecule has 1 aliphatic heterocycles. The summed E-state index contributed by atoms with van der Waals surface area (Å²) in [5.41, 5.74) is 2.19. The molecule has 0 bridgehead atoms. The van der Waals surface area contributed by atoms with Crippen LogP contribution >= 0.6 is 11.6 Å². The molecule has 1 aliphatic rings. The van der Waals surface area contributed by atoms with E-state index in [4.69, 9.17) is 16.3 Å². The summed E-state index contributed by atoms with van der Waals surface area (Å²) in [6, 6.07) is 13.9. The van der Waals surface area contributed by atoms with E-state index < -0.39 is 0 Å². The number of rotatable bonds is 4. The molecule has 2 heterocycles. The third-order valence-corrected chi connectivity index (χ3v) is 5.43. The Morgan fingerprint density at radius 1 is 1.19 bits per heavy atom. The first-order valence-corrected chi connectivity index (χ1v) is 9.72. The Labute approximate surface area is 163 Å². The van der Waals surface area contributed by atoms with Gasteiger partial charge in [-0.05, 0) is 66.6 Å². The highest BCUT2D eigenvalue weighted by atomic mass is 35.5. The fourth-order valence-electron chi connectivity index (χ4n) is 3.71. The molecule has 0 radical (unpaired) electrons. The van der Waals surface area contributed by atoms with E-state index in [0.717, 1.165) is 54.2 Å². The summed E-state index contributed by atoms with van der Waals surface area (Å²) in [6.07, 6.45) is 3.87. The number of ether oxygens (including phenoxy) is 1. The van der Waals surface area contributed by atoms with Crippen molar-refractivity contribution < 1.29 is 4.74 Å². The van der Waals surface area contributed by atoms with Gasteiger partial charge in [0.15, 0.2) is 0 Å². The first kappa shape index (κ1) is 18.1. The maximum Gasteiger partial charge on any atom is 0.255 e. The highest BCUT2D eigenvalue weighted by molar-refractivity contribution is 6.30. The van der Waals surface area contributed by atoms with Crippen LogP contribution in [0.1, 0.15) is 24.0 Å². The van der Waals surface area contributed by atoms with E-state index in [1.165, 1.54) is 5.56 Å². The van der Waals surface area contributed by atoms with Crippen LogP contribution in [0.4, 0.5) is 0 Å². The molecular weight excluding hydrogens is 360 g/mol. The van der Waals surface area contributed by atoms with Crippen LogP contribution in [0.5, 0.6) is 5.75 Å². The number of benzene rings is 2. The van der Waals surface area contributed by atoms with Crippen molar-refractivity contribution in [2.45, 2.75) is 32.4 Å². The average molecular weight is 383 g/mol. The molecule has 4 rings (SSSR count). The van der Waals surface area contributed by atoms with Gasteiger partial charge < -0.3 is 9.72 Å². The molecule has 5 heteroatoms. The van der Waals surface area contributed by atoms with Crippen molar-refractivity contribution in [2.24, 2.45) is 0 Å². The molecule has 1 saturated heterocycles. The minimum Gasteiger partial charge on any atom is -0.490 e. The van der Waals surface area contributed by atoms with Gasteiger partial charge in [0.1, 0.15) is 11.9 Å². The van der Waals surface area contributed by atoms with Crippen LogP contribution in [-0.2, 0) is 6.54 Å². The van der Waals surface area contributed by atoms with Crippen molar-refractivity contribution in [3.8, 4) is 5.75 Å². The molecule has 0 unspecified atom stereocenters. The lowest BCUT2D eigenvalue weighted by atomic mass is 10.1. The van der Waals surface area contributed by atoms with Crippen molar-refractivity contribution in [1.29, 1.82) is 0 Å². The highest BCUT2D eigenvalue weighted by Gasteiger charge is 2.21. The van der Waals surface area contributed by atoms with Gasteiger partial charge in [-0.3, -0.25) is 9.69 Å². The largest absolute Gasteiger partial charge is 0.490 e. The second-order valence-corrected chi connectivity index (χ2v) is 7.67. The smallest absolute Gasteiger partial charge is 0.255 e. The Kier molecular flexibility index (Phi) is 5.19. The number of pyridine rings is 1. The summed E-state index contributed by atoms with van der Waals surface area (Å²) in [6.45, 7) is 4.92. The lowest BCUT2D eigenvalue weighted by Crippen LogP contribution is -2.37. The van der Waals surface area contributed by atoms with E-state index in [0.29, 0.717) is 5.39 Å². The van der Waals surface area contributed by atoms with Crippen molar-refractivity contribution in [3.05, 3.63) is 75.2 Å². The Morgan fingerprint density at radius 2 is 2.00 bits per heavy atom. The van der Waals surface area contributed by atoms with Gasteiger partial charge in [0.25, 0.3) is 5.56 Å². The summed E-state index contributed by atoms with van der Waals surface area (Å²) < 4.78 is 6.29. The normalized spacial score (nSPS) is 15.9. The monoisotopic (exact) mass is 382 g/mol. The van der Waals surface area contributed by atoms with Crippen LogP contribution in [0.15, 0.2) is 53.5 Å². The van der Waals surface area contributed by atoms with Gasteiger partial charge in [-0.2, -0.15) is 0 Å². The lowest BCUT2D eigenvalue weighted by molar-refractivity contribution is 0.0964. The van der Waals surface area contributed by atoms with Gasteiger partial charge in [0.2, 0.25) is 0 Å². The zero-order chi connectivity index (χ0) is 18.8. The molecular formula is C22H23ClN2O2. The van der Waals surface area contributed by atoms with E-state index >= 15 is 0 Å². The first-order chi connectivity index (χ1) is 13.1. The predicted molar refractivity (Wildman–Crippen MR) is 110 cm³/mol. The van der Waals surface area contributed by atoms with Crippen molar-refractivity contribution in [2.75, 3.05) is 13.1 Å². The number of hydrogen-bond acceptors (Lipinski definition) is 3. The lowest BCUT2D eigenvalue weighted by Gasteiger charge is -2.32. The summed E-state index contributed by atoms with van der Waals surface area (Å²) in [5, 5.41) is 2.41. The number of nitrogens with zero attached hydrogens (tertiary/aromatic N) is 1. The van der Waals surface area contributed by atoms with Gasteiger partial charge in [-0.1, -0.05) is 23.7 Å². The summed E-state index contributed by atoms with van der Waals surface area (Å²) in [5.74, 6) is 0.876. The first-order valence-electron chi connectivity index (χ1n) is 9.34. The zero-order valence-electron chi connectivity index (χ0n) is 15.4. The van der Waals surface area contributed by atoms with Crippen molar-refractivity contribution in [1.82, 2.24) is 9.88 Å². The second kappa shape index (κ2) is 7.75. The van der Waals surface area contributed by atoms with Crippen LogP contribution in [-0.4, -0.2) is 29.1 Å². The number of hydrogen-bond donors (Lipinski definition) is 1. The number of nitrogens with one attached hydrogen (secondary N) is 1. The van der Waals surface area contributed by atoms with Gasteiger partial charge in [0.05, 0.1) is 0 Å². The Bertz CT molecular complexity index is 1010. The molecule has 140 valence electrons. The molecule has 1 N–H and O–H groups in total. The molecule has 1 fully saturated rings. The topological polar surface area (TPSA) is 45.3 Å². The molecule has 0 atom stereocenters. The van der Waals surface area contributed by atoms with Crippen molar-refractivity contribution in [3.63, 3.8) is 0 Å². The second-order valence-electron chi connectivity index (χ2n) is 7.24. The summed E-state index contributed by atoms with van der Waals surface area (Å²) >= 11 is 6.08. The van der Waals surface area contributed by atoms with Crippen LogP contribution in [0.3, 0.4) is 0 Å². The van der Waals surface area contributed by atoms with E-state index in [1.807, 2.05) is 43.3 Å². The third-order valence-electron chi connectivity index (χ3n) is 5.19. The van der Waals surface area contributed by atoms with Gasteiger partial charge in [-0.25, -0.2) is 0 Å². The number of aromatic amines is 1. The van der Waals surface area contributed by atoms with Crippen LogP contribution < -0.4 is 10.3 Å². The van der Waals surface area contributed by atoms with Gasteiger partial charge in [0, 0.05) is 36.2 Å². The maximum atomic E-state index is 11.9. The molecule has 0 saturated carbocycles. The van der Waals surface area contributed by atoms with Crippen molar-refractivity contribution >= 4 is 22.4 Å². The number of aryl methyl sites for hydroxylation is 1. The summed E-state index contributed by atoms with van der Waals surface area (Å²) in [7, 11) is 0. The van der Waals surface area contributed by atoms with Crippen LogP contribution in [0.2, 0.25) is 5.02 Å². The Balaban J connectivity index is 1.40. The Hall–Kier alpha value is -2.30. The number of H-pyrrole nitrogens is 1. The molecule has 0 amide bonds. The maximum absolute atomic E-state index is 11.9. The fraction of sp³-hybridized carbons (Fsp3) is 0.318. The molecule has 27 heavy (non-hydrogen) atoms. The van der Waals surface area contributed by atoms with Gasteiger partial charge >= 0.3 is 0 Å². The summed E-state index contributed by atoms with van der Waals surface area (Å²) in [4.78, 5) is 17.1. The highest BCUT2D eigenvalue weighted by Crippen LogP contribution is 2.27. The quantitative estimate of drug-likeness (QED) is 0.720. The standard InChI is InChI=1S/C22H23ClN2O2/c1-15-11-20-17(5-8-24-22(20)26)13-21(15)27-19-6-9-25(10-7-19)14-16-3-2-4-18(23)12-16/h2-5,8,11-13,19H,6-7,9-10,14H2,1H3,(H,24,26). The number of fused-ring (bicyclic) bond motifs is 1. The van der Waals surface area contributed by atoms with E-state index in [-0.39, 0.29) is 11.7 Å². The van der Waals surface area contributed by atoms with Gasteiger partial charge in [-0.15, -0.1) is 0 Å². The molecule has 1 aromatic heterocycles. The Morgan fingerprint density at radius 3 is 2.78 bits per heavy atom. The number of aromatic nitrogens is 1. The van der Waals surface area contributed by atoms with Crippen LogP contribution in [0.25, 0.3) is 10.8 Å². The molecule has 0 aliphatic carbocycles. The number of halogens is 1. The predicted octanol–water partition coefficient (Wildman–Crippen LogP) is 4.53. The van der Waals surface area contributed by atoms with E-state index in [2.05, 4.69) is 16.0 Å². The zero-order valence-corrected chi connectivity index (χ0v) is 16.1. The van der Waals surface area contributed by atoms with Crippen LogP contribution in [0, 0.1) is 6.92 Å². The SMILES string of the molecule is Cc1cc2c(=O)[nH]ccc2cc1OC1CCN(Cc2cccc(Cl)c2)CC1. The van der Waals surface area contributed by atoms with E-state index in [9.17, 15) is 4.79 Å². The van der Waals surface area contributed by atoms with E-state index in [1.54, 1.807) is 6.20 Å². The minimum atomic E-state index is -0.0588. The number of piperidine rings is 1. The molecule has 4 nitrogen and oxygen atoms in total.